The van der Waals surface area contributed by atoms with E-state index in [0.717, 1.165) is 11.3 Å². The van der Waals surface area contributed by atoms with Gasteiger partial charge in [-0.25, -0.2) is 0 Å². The first-order valence-corrected chi connectivity index (χ1v) is 4.43. The van der Waals surface area contributed by atoms with Crippen molar-refractivity contribution in [2.24, 2.45) is 5.73 Å². The standard InChI is InChI=1S/C10H14N2O2/c1-6-3-4-8(5-12-6)7(2)9(11)10(13)14/h3-5,7,9H,11H2,1-2H3,(H,13,14). The molecule has 1 aromatic rings. The average molecular weight is 194 g/mol. The van der Waals surface area contributed by atoms with Crippen molar-refractivity contribution in [3.8, 4) is 0 Å². The predicted octanol–water partition coefficient (Wildman–Crippen LogP) is 0.905. The Kier molecular flexibility index (Phi) is 3.19. The zero-order chi connectivity index (χ0) is 10.7. The molecular formula is C10H14N2O2. The predicted molar refractivity (Wildman–Crippen MR) is 53.0 cm³/mol. The van der Waals surface area contributed by atoms with Gasteiger partial charge in [0.2, 0.25) is 0 Å². The summed E-state index contributed by atoms with van der Waals surface area (Å²) in [5, 5.41) is 8.72. The number of hydrogen-bond acceptors (Lipinski definition) is 3. The van der Waals surface area contributed by atoms with Crippen molar-refractivity contribution in [2.75, 3.05) is 0 Å². The topological polar surface area (TPSA) is 76.2 Å². The molecular weight excluding hydrogens is 180 g/mol. The molecule has 0 aliphatic heterocycles. The Morgan fingerprint density at radius 3 is 2.64 bits per heavy atom. The van der Waals surface area contributed by atoms with Gasteiger partial charge in [-0.05, 0) is 18.6 Å². The van der Waals surface area contributed by atoms with Crippen molar-refractivity contribution in [2.45, 2.75) is 25.8 Å². The molecule has 14 heavy (non-hydrogen) atoms. The summed E-state index contributed by atoms with van der Waals surface area (Å²) in [6.07, 6.45) is 1.67. The lowest BCUT2D eigenvalue weighted by molar-refractivity contribution is -0.139. The van der Waals surface area contributed by atoms with Crippen LogP contribution in [0.4, 0.5) is 0 Å². The lowest BCUT2D eigenvalue weighted by atomic mass is 9.95. The number of carboxylic acids is 1. The molecule has 0 aromatic carbocycles. The first-order chi connectivity index (χ1) is 6.52. The lowest BCUT2D eigenvalue weighted by Gasteiger charge is -2.15. The van der Waals surface area contributed by atoms with Crippen LogP contribution in [0.5, 0.6) is 0 Å². The molecule has 1 rings (SSSR count). The van der Waals surface area contributed by atoms with Crippen LogP contribution in [0, 0.1) is 6.92 Å². The molecule has 76 valence electrons. The number of hydrogen-bond donors (Lipinski definition) is 2. The van der Waals surface area contributed by atoms with E-state index >= 15 is 0 Å². The number of carboxylic acid groups (broad SMARTS) is 1. The first-order valence-electron chi connectivity index (χ1n) is 4.43. The Hall–Kier alpha value is -1.42. The molecule has 0 aliphatic rings. The highest BCUT2D eigenvalue weighted by atomic mass is 16.4. The second kappa shape index (κ2) is 4.19. The molecule has 4 nitrogen and oxygen atoms in total. The van der Waals surface area contributed by atoms with Gasteiger partial charge in [-0.1, -0.05) is 13.0 Å². The maximum absolute atomic E-state index is 10.6. The van der Waals surface area contributed by atoms with Gasteiger partial charge >= 0.3 is 5.97 Å². The van der Waals surface area contributed by atoms with Gasteiger partial charge in [0.05, 0.1) is 0 Å². The Bertz CT molecular complexity index is 321. The summed E-state index contributed by atoms with van der Waals surface area (Å²) in [5.74, 6) is -1.21. The van der Waals surface area contributed by atoms with Crippen molar-refractivity contribution in [1.82, 2.24) is 4.98 Å². The summed E-state index contributed by atoms with van der Waals surface area (Å²) in [4.78, 5) is 14.7. The number of carbonyl (C=O) groups is 1. The SMILES string of the molecule is Cc1ccc(C(C)C(N)C(=O)O)cn1. The van der Waals surface area contributed by atoms with Gasteiger partial charge in [0.15, 0.2) is 0 Å². The minimum absolute atomic E-state index is 0.222. The quantitative estimate of drug-likeness (QED) is 0.749. The van der Waals surface area contributed by atoms with Gasteiger partial charge in [-0.2, -0.15) is 0 Å². The minimum atomic E-state index is -0.988. The van der Waals surface area contributed by atoms with Gasteiger partial charge in [-0.3, -0.25) is 9.78 Å². The second-order valence-electron chi connectivity index (χ2n) is 3.39. The van der Waals surface area contributed by atoms with Crippen LogP contribution in [0.2, 0.25) is 0 Å². The molecule has 0 saturated heterocycles. The summed E-state index contributed by atoms with van der Waals surface area (Å²) >= 11 is 0. The van der Waals surface area contributed by atoms with E-state index in [2.05, 4.69) is 4.98 Å². The summed E-state index contributed by atoms with van der Waals surface area (Å²) in [5.41, 5.74) is 7.26. The molecule has 3 N–H and O–H groups in total. The van der Waals surface area contributed by atoms with E-state index in [-0.39, 0.29) is 5.92 Å². The fourth-order valence-corrected chi connectivity index (χ4v) is 1.17. The zero-order valence-corrected chi connectivity index (χ0v) is 8.27. The van der Waals surface area contributed by atoms with E-state index in [1.807, 2.05) is 19.1 Å². The van der Waals surface area contributed by atoms with Crippen molar-refractivity contribution in [3.05, 3.63) is 29.6 Å². The largest absolute Gasteiger partial charge is 0.480 e. The molecule has 1 aromatic heterocycles. The zero-order valence-electron chi connectivity index (χ0n) is 8.27. The van der Waals surface area contributed by atoms with Crippen molar-refractivity contribution in [3.63, 3.8) is 0 Å². The molecule has 2 unspecified atom stereocenters. The molecule has 0 aliphatic carbocycles. The number of aliphatic carboxylic acids is 1. The van der Waals surface area contributed by atoms with E-state index in [1.165, 1.54) is 0 Å². The molecule has 0 fully saturated rings. The highest BCUT2D eigenvalue weighted by Crippen LogP contribution is 2.17. The van der Waals surface area contributed by atoms with Crippen LogP contribution < -0.4 is 5.73 Å². The third-order valence-electron chi connectivity index (χ3n) is 2.28. The number of aryl methyl sites for hydroxylation is 1. The van der Waals surface area contributed by atoms with E-state index < -0.39 is 12.0 Å². The van der Waals surface area contributed by atoms with Crippen molar-refractivity contribution in [1.29, 1.82) is 0 Å². The van der Waals surface area contributed by atoms with Gasteiger partial charge < -0.3 is 10.8 Å². The molecule has 1 heterocycles. The molecule has 0 saturated carbocycles. The van der Waals surface area contributed by atoms with E-state index in [0.29, 0.717) is 0 Å². The van der Waals surface area contributed by atoms with Crippen LogP contribution in [0.3, 0.4) is 0 Å². The summed E-state index contributed by atoms with van der Waals surface area (Å²) in [6.45, 7) is 3.66. The van der Waals surface area contributed by atoms with Gasteiger partial charge in [0.25, 0.3) is 0 Å². The number of nitrogens with two attached hydrogens (primary N) is 1. The first kappa shape index (κ1) is 10.7. The smallest absolute Gasteiger partial charge is 0.321 e. The summed E-state index contributed by atoms with van der Waals surface area (Å²) in [7, 11) is 0. The molecule has 0 radical (unpaired) electrons. The number of nitrogens with zero attached hydrogens (tertiary/aromatic N) is 1. The maximum atomic E-state index is 10.6. The molecule has 0 bridgehead atoms. The second-order valence-corrected chi connectivity index (χ2v) is 3.39. The number of pyridine rings is 1. The van der Waals surface area contributed by atoms with Crippen LogP contribution in [0.15, 0.2) is 18.3 Å². The Morgan fingerprint density at radius 2 is 2.21 bits per heavy atom. The van der Waals surface area contributed by atoms with Crippen LogP contribution in [0.25, 0.3) is 0 Å². The van der Waals surface area contributed by atoms with Crippen LogP contribution >= 0.6 is 0 Å². The third-order valence-corrected chi connectivity index (χ3v) is 2.28. The highest BCUT2D eigenvalue weighted by molar-refractivity contribution is 5.74. The summed E-state index contributed by atoms with van der Waals surface area (Å²) < 4.78 is 0. The number of rotatable bonds is 3. The maximum Gasteiger partial charge on any atom is 0.321 e. The highest BCUT2D eigenvalue weighted by Gasteiger charge is 2.21. The fraction of sp³-hybridized carbons (Fsp3) is 0.400. The number of aromatic nitrogens is 1. The van der Waals surface area contributed by atoms with E-state index in [4.69, 9.17) is 10.8 Å². The van der Waals surface area contributed by atoms with Crippen LogP contribution in [-0.4, -0.2) is 22.1 Å². The van der Waals surface area contributed by atoms with Gasteiger partial charge in [-0.15, -0.1) is 0 Å². The van der Waals surface area contributed by atoms with Crippen LogP contribution in [0.1, 0.15) is 24.1 Å². The Labute approximate surface area is 82.8 Å². The van der Waals surface area contributed by atoms with Crippen molar-refractivity contribution >= 4 is 5.97 Å². The van der Waals surface area contributed by atoms with E-state index in [1.54, 1.807) is 13.1 Å². The lowest BCUT2D eigenvalue weighted by Crippen LogP contribution is -2.35. The van der Waals surface area contributed by atoms with Gasteiger partial charge in [0.1, 0.15) is 6.04 Å². The molecule has 0 spiro atoms. The monoisotopic (exact) mass is 194 g/mol. The third kappa shape index (κ3) is 2.29. The fourth-order valence-electron chi connectivity index (χ4n) is 1.17. The van der Waals surface area contributed by atoms with Crippen LogP contribution in [-0.2, 0) is 4.79 Å². The Morgan fingerprint density at radius 1 is 1.57 bits per heavy atom. The van der Waals surface area contributed by atoms with Crippen molar-refractivity contribution < 1.29 is 9.90 Å². The van der Waals surface area contributed by atoms with Gasteiger partial charge in [0, 0.05) is 17.8 Å². The Balaban J connectivity index is 2.84. The molecule has 4 heteroatoms. The average Bonchev–Trinajstić information content (AvgIpc) is 2.16. The molecule has 2 atom stereocenters. The molecule has 0 amide bonds. The summed E-state index contributed by atoms with van der Waals surface area (Å²) in [6, 6.07) is 2.83. The normalized spacial score (nSPS) is 14.8. The minimum Gasteiger partial charge on any atom is -0.480 e. The van der Waals surface area contributed by atoms with E-state index in [9.17, 15) is 4.79 Å².